The summed E-state index contributed by atoms with van der Waals surface area (Å²) in [5.74, 6) is -0.201. The molecule has 2 aromatic rings. The number of hydrogen-bond donors (Lipinski definition) is 1. The molecule has 0 atom stereocenters. The molecule has 1 heterocycles. The first kappa shape index (κ1) is 12.1. The predicted molar refractivity (Wildman–Crippen MR) is 66.5 cm³/mol. The minimum Gasteiger partial charge on any atom is -0.395 e. The lowest BCUT2D eigenvalue weighted by Gasteiger charge is -2.15. The molecule has 3 nitrogen and oxygen atoms in total. The molecule has 92 valence electrons. The summed E-state index contributed by atoms with van der Waals surface area (Å²) < 4.78 is 15.1. The van der Waals surface area contributed by atoms with Crippen LogP contribution >= 0.6 is 0 Å². The van der Waals surface area contributed by atoms with Crippen LogP contribution in [0.4, 0.5) is 4.39 Å². The van der Waals surface area contributed by atoms with Gasteiger partial charge in [-0.1, -0.05) is 0 Å². The zero-order valence-electron chi connectivity index (χ0n) is 9.93. The molecule has 0 unspecified atom stereocenters. The second-order valence-electron chi connectivity index (χ2n) is 4.24. The summed E-state index contributed by atoms with van der Waals surface area (Å²) in [6.45, 7) is 2.55. The average molecular weight is 236 g/mol. The second-order valence-corrected chi connectivity index (χ2v) is 4.24. The van der Waals surface area contributed by atoms with Crippen molar-refractivity contribution in [2.45, 2.75) is 6.54 Å². The first-order valence-corrected chi connectivity index (χ1v) is 5.74. The molecule has 1 aromatic carbocycles. The minimum absolute atomic E-state index is 0.175. The van der Waals surface area contributed by atoms with Gasteiger partial charge < -0.3 is 14.6 Å². The molecule has 0 saturated carbocycles. The van der Waals surface area contributed by atoms with Gasteiger partial charge in [0, 0.05) is 36.7 Å². The van der Waals surface area contributed by atoms with E-state index in [1.165, 1.54) is 6.07 Å². The molecule has 0 aliphatic carbocycles. The van der Waals surface area contributed by atoms with Crippen LogP contribution in [0.1, 0.15) is 0 Å². The number of likely N-dealkylation sites (N-methyl/N-ethyl adjacent to an activating group) is 1. The van der Waals surface area contributed by atoms with Crippen molar-refractivity contribution >= 4 is 10.9 Å². The standard InChI is InChI=1S/C13H17FN2O/c1-15(8-9-17)6-7-16-5-4-11-10-12(14)2-3-13(11)16/h2-5,10,17H,6-9H2,1H3. The van der Waals surface area contributed by atoms with Gasteiger partial charge in [-0.15, -0.1) is 0 Å². The van der Waals surface area contributed by atoms with E-state index in [1.807, 2.05) is 19.3 Å². The van der Waals surface area contributed by atoms with E-state index in [0.717, 1.165) is 24.0 Å². The number of aliphatic hydroxyl groups is 1. The van der Waals surface area contributed by atoms with E-state index in [0.29, 0.717) is 6.54 Å². The summed E-state index contributed by atoms with van der Waals surface area (Å²) in [6, 6.07) is 6.75. The third kappa shape index (κ3) is 2.84. The van der Waals surface area contributed by atoms with Gasteiger partial charge in [0.25, 0.3) is 0 Å². The first-order chi connectivity index (χ1) is 8.20. The van der Waals surface area contributed by atoms with Crippen molar-refractivity contribution in [2.75, 3.05) is 26.7 Å². The van der Waals surface area contributed by atoms with Crippen molar-refractivity contribution in [3.05, 3.63) is 36.3 Å². The highest BCUT2D eigenvalue weighted by Crippen LogP contribution is 2.16. The van der Waals surface area contributed by atoms with Gasteiger partial charge in [0.1, 0.15) is 5.82 Å². The quantitative estimate of drug-likeness (QED) is 0.856. The van der Waals surface area contributed by atoms with Crippen LogP contribution in [0.5, 0.6) is 0 Å². The fraction of sp³-hybridized carbons (Fsp3) is 0.385. The molecular formula is C13H17FN2O. The Hall–Kier alpha value is -1.39. The average Bonchev–Trinajstić information content (AvgIpc) is 2.69. The summed E-state index contributed by atoms with van der Waals surface area (Å²) in [6.07, 6.45) is 1.97. The number of rotatable bonds is 5. The van der Waals surface area contributed by atoms with E-state index in [1.54, 1.807) is 12.1 Å². The number of hydrogen-bond acceptors (Lipinski definition) is 2. The predicted octanol–water partition coefficient (Wildman–Crippen LogP) is 1.70. The van der Waals surface area contributed by atoms with Gasteiger partial charge in [0.2, 0.25) is 0 Å². The molecule has 1 N–H and O–H groups in total. The summed E-state index contributed by atoms with van der Waals surface area (Å²) in [4.78, 5) is 2.06. The second kappa shape index (κ2) is 5.29. The van der Waals surface area contributed by atoms with Crippen LogP contribution in [-0.4, -0.2) is 41.3 Å². The maximum atomic E-state index is 13.0. The zero-order valence-corrected chi connectivity index (χ0v) is 9.93. The maximum absolute atomic E-state index is 13.0. The topological polar surface area (TPSA) is 28.4 Å². The molecule has 0 bridgehead atoms. The first-order valence-electron chi connectivity index (χ1n) is 5.74. The Balaban J connectivity index is 2.09. The molecule has 0 spiro atoms. The maximum Gasteiger partial charge on any atom is 0.123 e. The number of fused-ring (bicyclic) bond motifs is 1. The Labute approximate surface area is 100 Å². The van der Waals surface area contributed by atoms with E-state index in [2.05, 4.69) is 9.47 Å². The van der Waals surface area contributed by atoms with E-state index in [9.17, 15) is 4.39 Å². The molecule has 1 aromatic heterocycles. The fourth-order valence-electron chi connectivity index (χ4n) is 1.93. The molecule has 2 rings (SSSR count). The van der Waals surface area contributed by atoms with Crippen LogP contribution in [0.15, 0.2) is 30.5 Å². The lowest BCUT2D eigenvalue weighted by atomic mass is 10.2. The van der Waals surface area contributed by atoms with Gasteiger partial charge in [0.05, 0.1) is 6.61 Å². The normalized spacial score (nSPS) is 11.5. The largest absolute Gasteiger partial charge is 0.395 e. The van der Waals surface area contributed by atoms with Crippen LogP contribution in [-0.2, 0) is 6.54 Å². The number of halogens is 1. The molecule has 17 heavy (non-hydrogen) atoms. The van der Waals surface area contributed by atoms with Crippen LogP contribution in [0, 0.1) is 5.82 Å². The molecular weight excluding hydrogens is 219 g/mol. The molecule has 0 fully saturated rings. The van der Waals surface area contributed by atoms with Gasteiger partial charge in [-0.05, 0) is 31.3 Å². The van der Waals surface area contributed by atoms with Crippen molar-refractivity contribution < 1.29 is 9.50 Å². The van der Waals surface area contributed by atoms with Crippen molar-refractivity contribution in [3.63, 3.8) is 0 Å². The minimum atomic E-state index is -0.201. The van der Waals surface area contributed by atoms with Gasteiger partial charge in [-0.3, -0.25) is 0 Å². The highest BCUT2D eigenvalue weighted by atomic mass is 19.1. The van der Waals surface area contributed by atoms with Crippen molar-refractivity contribution in [3.8, 4) is 0 Å². The van der Waals surface area contributed by atoms with Crippen LogP contribution < -0.4 is 0 Å². The smallest absolute Gasteiger partial charge is 0.123 e. The van der Waals surface area contributed by atoms with E-state index >= 15 is 0 Å². The van der Waals surface area contributed by atoms with Gasteiger partial charge in [-0.2, -0.15) is 0 Å². The zero-order chi connectivity index (χ0) is 12.3. The van der Waals surface area contributed by atoms with E-state index in [-0.39, 0.29) is 12.4 Å². The van der Waals surface area contributed by atoms with E-state index < -0.39 is 0 Å². The summed E-state index contributed by atoms with van der Waals surface area (Å²) in [5, 5.41) is 9.73. The molecule has 0 saturated heterocycles. The summed E-state index contributed by atoms with van der Waals surface area (Å²) in [5.41, 5.74) is 1.05. The number of benzene rings is 1. The fourth-order valence-corrected chi connectivity index (χ4v) is 1.93. The molecule has 0 aliphatic rings. The Kier molecular flexibility index (Phi) is 3.76. The Morgan fingerprint density at radius 3 is 2.88 bits per heavy atom. The van der Waals surface area contributed by atoms with Gasteiger partial charge >= 0.3 is 0 Å². The molecule has 4 heteroatoms. The van der Waals surface area contributed by atoms with Crippen LogP contribution in [0.3, 0.4) is 0 Å². The van der Waals surface area contributed by atoms with Crippen molar-refractivity contribution in [2.24, 2.45) is 0 Å². The Morgan fingerprint density at radius 2 is 2.12 bits per heavy atom. The van der Waals surface area contributed by atoms with E-state index in [4.69, 9.17) is 5.11 Å². The highest BCUT2D eigenvalue weighted by Gasteiger charge is 2.03. The molecule has 0 amide bonds. The Morgan fingerprint density at radius 1 is 1.29 bits per heavy atom. The lowest BCUT2D eigenvalue weighted by Crippen LogP contribution is -2.25. The lowest BCUT2D eigenvalue weighted by molar-refractivity contribution is 0.218. The number of aliphatic hydroxyl groups excluding tert-OH is 1. The Bertz CT molecular complexity index is 495. The number of aromatic nitrogens is 1. The third-order valence-electron chi connectivity index (χ3n) is 2.94. The van der Waals surface area contributed by atoms with Crippen LogP contribution in [0.25, 0.3) is 10.9 Å². The van der Waals surface area contributed by atoms with Crippen molar-refractivity contribution in [1.82, 2.24) is 9.47 Å². The molecule has 0 radical (unpaired) electrons. The summed E-state index contributed by atoms with van der Waals surface area (Å²) in [7, 11) is 1.97. The highest BCUT2D eigenvalue weighted by molar-refractivity contribution is 5.80. The third-order valence-corrected chi connectivity index (χ3v) is 2.94. The monoisotopic (exact) mass is 236 g/mol. The van der Waals surface area contributed by atoms with Gasteiger partial charge in [0.15, 0.2) is 0 Å². The van der Waals surface area contributed by atoms with Crippen molar-refractivity contribution in [1.29, 1.82) is 0 Å². The SMILES string of the molecule is CN(CCO)CCn1ccc2cc(F)ccc21. The van der Waals surface area contributed by atoms with Gasteiger partial charge in [-0.25, -0.2) is 4.39 Å². The molecule has 0 aliphatic heterocycles. The summed E-state index contributed by atoms with van der Waals surface area (Å²) >= 11 is 0. The number of nitrogens with zero attached hydrogens (tertiary/aromatic N) is 2. The van der Waals surface area contributed by atoms with Crippen LogP contribution in [0.2, 0.25) is 0 Å².